The highest BCUT2D eigenvalue weighted by molar-refractivity contribution is 6.25. The fraction of sp³-hybridized carbons (Fsp3) is 0.658. The van der Waals surface area contributed by atoms with E-state index in [0.29, 0.717) is 17.5 Å². The minimum atomic E-state index is -2.61. The molecular formula is C38H53NO7. The Bertz CT molecular complexity index is 1590. The summed E-state index contributed by atoms with van der Waals surface area (Å²) in [6.45, 7) is 21.2. The minimum Gasteiger partial charge on any atom is -0.511 e. The van der Waals surface area contributed by atoms with Crippen LogP contribution in [0.1, 0.15) is 128 Å². The Hall–Kier alpha value is -2.97. The van der Waals surface area contributed by atoms with Gasteiger partial charge in [0.05, 0.1) is 5.56 Å². The van der Waals surface area contributed by atoms with Crippen LogP contribution >= 0.6 is 0 Å². The summed E-state index contributed by atoms with van der Waals surface area (Å²) in [5, 5.41) is 51.3. The Labute approximate surface area is 273 Å². The summed E-state index contributed by atoms with van der Waals surface area (Å²) in [5.74, 6) is -4.57. The number of carbonyl (C=O) groups is 3. The van der Waals surface area contributed by atoms with E-state index in [4.69, 9.17) is 0 Å². The number of allylic oxidation sites excluding steroid dienone is 2. The van der Waals surface area contributed by atoms with Crippen LogP contribution in [0.25, 0.3) is 0 Å². The molecule has 0 spiro atoms. The molecule has 0 aromatic heterocycles. The molecule has 0 saturated carbocycles. The molecule has 252 valence electrons. The van der Waals surface area contributed by atoms with Crippen LogP contribution in [0, 0.1) is 28.6 Å². The molecule has 3 aliphatic carbocycles. The fourth-order valence-corrected chi connectivity index (χ4v) is 10.5. The SMILES string of the molecule is CC(=O)C1=C(O)C(C(C)C)[C@@]2(C)C[C@@]3(C)Cc4c(C(C)C)cc(CC5CC(C)(C)NC(C)(C)C5)c(O)c4C(=O)C3=C(O)[C@@]2(O)C1=O. The smallest absolute Gasteiger partial charge is 0.209 e. The van der Waals surface area contributed by atoms with Crippen molar-refractivity contribution < 1.29 is 34.8 Å². The van der Waals surface area contributed by atoms with E-state index in [0.717, 1.165) is 25.3 Å². The number of hydrogen-bond acceptors (Lipinski definition) is 8. The fourth-order valence-electron chi connectivity index (χ4n) is 10.5. The largest absolute Gasteiger partial charge is 0.511 e. The molecule has 4 atom stereocenters. The van der Waals surface area contributed by atoms with Crippen molar-refractivity contribution in [1.82, 2.24) is 5.32 Å². The molecule has 46 heavy (non-hydrogen) atoms. The van der Waals surface area contributed by atoms with E-state index in [2.05, 4.69) is 46.9 Å². The Kier molecular flexibility index (Phi) is 7.86. The molecule has 0 amide bonds. The van der Waals surface area contributed by atoms with Crippen molar-refractivity contribution in [2.45, 2.75) is 131 Å². The number of rotatable bonds is 5. The first-order chi connectivity index (χ1) is 20.9. The zero-order chi connectivity index (χ0) is 34.7. The number of phenols is 1. The summed E-state index contributed by atoms with van der Waals surface area (Å²) in [6, 6.07) is 2.04. The number of benzene rings is 1. The molecule has 5 rings (SSSR count). The highest BCUT2D eigenvalue weighted by Crippen LogP contribution is 2.65. The maximum atomic E-state index is 14.7. The molecule has 1 unspecified atom stereocenters. The van der Waals surface area contributed by atoms with E-state index in [1.165, 1.54) is 0 Å². The van der Waals surface area contributed by atoms with E-state index in [1.807, 2.05) is 26.8 Å². The van der Waals surface area contributed by atoms with Crippen LogP contribution in [0.4, 0.5) is 0 Å². The molecule has 0 bridgehead atoms. The number of phenolic OH excluding ortho intramolecular Hbond substituents is 1. The van der Waals surface area contributed by atoms with Crippen molar-refractivity contribution in [3.63, 3.8) is 0 Å². The Morgan fingerprint density at radius 3 is 2.04 bits per heavy atom. The predicted octanol–water partition coefficient (Wildman–Crippen LogP) is 6.57. The van der Waals surface area contributed by atoms with E-state index >= 15 is 0 Å². The molecule has 1 aromatic rings. The average molecular weight is 636 g/mol. The molecule has 1 aliphatic heterocycles. The number of nitrogens with one attached hydrogen (secondary N) is 1. The minimum absolute atomic E-state index is 0.0328. The molecule has 8 heteroatoms. The first-order valence-corrected chi connectivity index (χ1v) is 16.8. The molecular weight excluding hydrogens is 582 g/mol. The molecule has 0 radical (unpaired) electrons. The summed E-state index contributed by atoms with van der Waals surface area (Å²) < 4.78 is 0. The number of piperidine rings is 1. The first kappa shape index (κ1) is 34.4. The van der Waals surface area contributed by atoms with Crippen LogP contribution in [-0.4, -0.2) is 54.5 Å². The standard InChI is InChI=1S/C38H53NO7/c1-18(2)23-13-22(12-21-14-34(6,7)39-35(8,9)15-21)29(41)26-24(23)16-36(10)17-37(11)27(19(3)4)30(42)25(20(5)40)32(44)38(37,46)33(45)28(36)31(26)43/h13,18-19,21,27,39,41-42,45-46H,12,14-17H2,1-11H3/t27?,36-,37-,38+/m1/s1. The lowest BCUT2D eigenvalue weighted by Gasteiger charge is -2.59. The van der Waals surface area contributed by atoms with Crippen LogP contribution < -0.4 is 5.32 Å². The molecule has 4 aliphatic rings. The molecule has 1 saturated heterocycles. The van der Waals surface area contributed by atoms with Gasteiger partial charge < -0.3 is 25.7 Å². The van der Waals surface area contributed by atoms with Gasteiger partial charge in [0.1, 0.15) is 22.8 Å². The van der Waals surface area contributed by atoms with Gasteiger partial charge in [0.25, 0.3) is 0 Å². The Balaban J connectivity index is 1.72. The Morgan fingerprint density at radius 1 is 0.978 bits per heavy atom. The quantitative estimate of drug-likeness (QED) is 0.229. The molecule has 1 fully saturated rings. The van der Waals surface area contributed by atoms with Gasteiger partial charge in [-0.05, 0) is 101 Å². The van der Waals surface area contributed by atoms with Gasteiger partial charge in [0, 0.05) is 33.4 Å². The number of fused-ring (bicyclic) bond motifs is 3. The maximum absolute atomic E-state index is 14.7. The second-order valence-electron chi connectivity index (χ2n) is 17.3. The highest BCUT2D eigenvalue weighted by Gasteiger charge is 2.71. The van der Waals surface area contributed by atoms with Crippen molar-refractivity contribution in [1.29, 1.82) is 0 Å². The second kappa shape index (κ2) is 10.5. The lowest BCUT2D eigenvalue weighted by molar-refractivity contribution is -0.171. The molecule has 5 N–H and O–H groups in total. The zero-order valence-corrected chi connectivity index (χ0v) is 29.4. The van der Waals surface area contributed by atoms with E-state index in [1.54, 1.807) is 6.92 Å². The van der Waals surface area contributed by atoms with Gasteiger partial charge >= 0.3 is 0 Å². The first-order valence-electron chi connectivity index (χ1n) is 16.8. The van der Waals surface area contributed by atoms with Gasteiger partial charge in [0.15, 0.2) is 17.2 Å². The summed E-state index contributed by atoms with van der Waals surface area (Å²) in [4.78, 5) is 41.4. The number of ketones is 3. The van der Waals surface area contributed by atoms with Crippen LogP contribution in [0.3, 0.4) is 0 Å². The lowest BCUT2D eigenvalue weighted by Crippen LogP contribution is -2.67. The van der Waals surface area contributed by atoms with Gasteiger partial charge in [-0.1, -0.05) is 47.6 Å². The van der Waals surface area contributed by atoms with Crippen LogP contribution in [0.15, 0.2) is 28.7 Å². The van der Waals surface area contributed by atoms with Crippen molar-refractivity contribution in [2.24, 2.45) is 28.6 Å². The summed E-state index contributed by atoms with van der Waals surface area (Å²) >= 11 is 0. The third kappa shape index (κ3) is 4.80. The van der Waals surface area contributed by atoms with Gasteiger partial charge in [-0.25, -0.2) is 0 Å². The maximum Gasteiger partial charge on any atom is 0.209 e. The second-order valence-corrected chi connectivity index (χ2v) is 17.3. The molecule has 8 nitrogen and oxygen atoms in total. The topological polar surface area (TPSA) is 144 Å². The van der Waals surface area contributed by atoms with Crippen molar-refractivity contribution >= 4 is 17.3 Å². The zero-order valence-electron chi connectivity index (χ0n) is 29.4. The van der Waals surface area contributed by atoms with E-state index in [9.17, 15) is 34.8 Å². The number of aromatic hydroxyl groups is 1. The number of aliphatic hydroxyl groups excluding tert-OH is 2. The lowest BCUT2D eigenvalue weighted by atomic mass is 9.44. The van der Waals surface area contributed by atoms with E-state index in [-0.39, 0.29) is 64.3 Å². The number of carbonyl (C=O) groups excluding carboxylic acids is 3. The normalized spacial score (nSPS) is 32.5. The van der Waals surface area contributed by atoms with Gasteiger partial charge in [0.2, 0.25) is 5.78 Å². The van der Waals surface area contributed by atoms with Crippen molar-refractivity contribution in [3.8, 4) is 5.75 Å². The predicted molar refractivity (Wildman–Crippen MR) is 177 cm³/mol. The van der Waals surface area contributed by atoms with Crippen LogP contribution in [0.5, 0.6) is 5.75 Å². The summed E-state index contributed by atoms with van der Waals surface area (Å²) in [7, 11) is 0. The number of hydrogen-bond donors (Lipinski definition) is 5. The monoisotopic (exact) mass is 635 g/mol. The number of aliphatic hydroxyl groups is 3. The van der Waals surface area contributed by atoms with Crippen molar-refractivity contribution in [2.75, 3.05) is 0 Å². The summed E-state index contributed by atoms with van der Waals surface area (Å²) in [5.41, 5.74) is -3.46. The van der Waals surface area contributed by atoms with Gasteiger partial charge in [-0.3, -0.25) is 14.4 Å². The highest BCUT2D eigenvalue weighted by atomic mass is 16.3. The average Bonchev–Trinajstić information content (AvgIpc) is 2.85. The Morgan fingerprint density at radius 2 is 1.54 bits per heavy atom. The molecule has 1 heterocycles. The van der Waals surface area contributed by atoms with E-state index < -0.39 is 51.0 Å². The van der Waals surface area contributed by atoms with Gasteiger partial charge in [-0.15, -0.1) is 0 Å². The molecule has 1 aromatic carbocycles. The van der Waals surface area contributed by atoms with Crippen molar-refractivity contribution in [3.05, 3.63) is 51.0 Å². The van der Waals surface area contributed by atoms with Crippen LogP contribution in [-0.2, 0) is 22.4 Å². The van der Waals surface area contributed by atoms with Gasteiger partial charge in [-0.2, -0.15) is 0 Å². The summed E-state index contributed by atoms with van der Waals surface area (Å²) in [6.07, 6.45) is 2.74. The third-order valence-electron chi connectivity index (χ3n) is 11.5. The number of Topliss-reactive ketones (excluding diaryl/α,β-unsaturated/α-hetero) is 3. The van der Waals surface area contributed by atoms with Crippen LogP contribution in [0.2, 0.25) is 0 Å². The third-order valence-corrected chi connectivity index (χ3v) is 11.5.